The van der Waals surface area contributed by atoms with E-state index in [1.165, 1.54) is 57.8 Å². The van der Waals surface area contributed by atoms with Gasteiger partial charge >= 0.3 is 6.01 Å². The van der Waals surface area contributed by atoms with Gasteiger partial charge in [0.05, 0.1) is 31.3 Å². The summed E-state index contributed by atoms with van der Waals surface area (Å²) in [5, 5.41) is 1.42. The van der Waals surface area contributed by atoms with Gasteiger partial charge in [-0.2, -0.15) is 9.97 Å². The first-order chi connectivity index (χ1) is 25.7. The van der Waals surface area contributed by atoms with Gasteiger partial charge in [0.2, 0.25) is 5.91 Å². The predicted molar refractivity (Wildman–Crippen MR) is 199 cm³/mol. The Morgan fingerprint density at radius 3 is 2.55 bits per heavy atom. The van der Waals surface area contributed by atoms with E-state index in [2.05, 4.69) is 44.3 Å². The van der Waals surface area contributed by atoms with Crippen LogP contribution in [0.25, 0.3) is 32.9 Å². The first kappa shape index (κ1) is 36.6. The lowest BCUT2D eigenvalue weighted by atomic mass is 9.91. The summed E-state index contributed by atoms with van der Waals surface area (Å²) in [5.74, 6) is 1.36. The maximum absolute atomic E-state index is 16.3. The van der Waals surface area contributed by atoms with Gasteiger partial charge in [-0.3, -0.25) is 14.7 Å². The lowest BCUT2D eigenvalue weighted by Crippen LogP contribution is -2.72. The van der Waals surface area contributed by atoms with Gasteiger partial charge in [0, 0.05) is 49.4 Å². The van der Waals surface area contributed by atoms with Crippen molar-refractivity contribution in [3.05, 3.63) is 66.4 Å². The van der Waals surface area contributed by atoms with E-state index in [4.69, 9.17) is 15.9 Å². The van der Waals surface area contributed by atoms with Crippen molar-refractivity contribution in [1.29, 1.82) is 0 Å². The van der Waals surface area contributed by atoms with Gasteiger partial charge in [-0.25, -0.2) is 13.2 Å². The summed E-state index contributed by atoms with van der Waals surface area (Å²) in [6.45, 7) is 10.1. The highest BCUT2D eigenvalue weighted by molar-refractivity contribution is 6.02. The van der Waals surface area contributed by atoms with Crippen LogP contribution in [0.4, 0.5) is 19.0 Å². The standard InChI is InChI=1S/C29H23F2N5O3.C7H12FN.C4H9N/c1-4-18-21(30)10-9-17-7-6-8-19(23(17)18)25-24(31)26-20(13-32-25)27(34-28(33-26)38-3)35-11-12-36(22(37)5-2)29(14-35)15-39-16-29;8-6-4-7-2-1-3-9(7)5-6;1-5-3-2-4-5/h1,5-10,13H,2,11-12,14-16H2,3H3;6-7H,1-5H2;2-4H2,1H3. The third kappa shape index (κ3) is 7.03. The molecule has 1 amide bonds. The van der Waals surface area contributed by atoms with Crippen molar-refractivity contribution in [3.8, 4) is 29.6 Å². The van der Waals surface area contributed by atoms with Crippen LogP contribution >= 0.6 is 0 Å². The normalized spacial score (nSPS) is 21.8. The number of amides is 1. The lowest BCUT2D eigenvalue weighted by Gasteiger charge is -2.55. The minimum absolute atomic E-state index is 0.000945. The third-order valence-corrected chi connectivity index (χ3v) is 10.9. The maximum Gasteiger partial charge on any atom is 0.318 e. The Morgan fingerprint density at radius 2 is 1.91 bits per heavy atom. The molecule has 5 fully saturated rings. The summed E-state index contributed by atoms with van der Waals surface area (Å²) >= 11 is 0. The van der Waals surface area contributed by atoms with E-state index in [0.29, 0.717) is 73.0 Å². The fourth-order valence-electron chi connectivity index (χ4n) is 7.93. The highest BCUT2D eigenvalue weighted by Crippen LogP contribution is 2.38. The van der Waals surface area contributed by atoms with Crippen LogP contribution in [0.2, 0.25) is 0 Å². The fraction of sp³-hybridized carbons (Fsp3) is 0.450. The fourth-order valence-corrected chi connectivity index (χ4v) is 7.93. The van der Waals surface area contributed by atoms with E-state index in [9.17, 15) is 13.6 Å². The summed E-state index contributed by atoms with van der Waals surface area (Å²) in [6.07, 6.45) is 12.6. The number of halogens is 3. The Kier molecular flexibility index (Phi) is 10.6. The van der Waals surface area contributed by atoms with Crippen molar-refractivity contribution in [2.75, 3.05) is 78.1 Å². The molecule has 13 heteroatoms. The number of methoxy groups -OCH3 is 1. The molecule has 9 rings (SSSR count). The van der Waals surface area contributed by atoms with Crippen LogP contribution < -0.4 is 9.64 Å². The number of hydrogen-bond acceptors (Lipinski definition) is 9. The van der Waals surface area contributed by atoms with Crippen molar-refractivity contribution in [2.45, 2.75) is 43.4 Å². The van der Waals surface area contributed by atoms with Gasteiger partial charge in [-0.1, -0.05) is 36.8 Å². The maximum atomic E-state index is 16.3. The smallest absolute Gasteiger partial charge is 0.318 e. The molecular formula is C40H44F3N7O3. The molecule has 7 heterocycles. The molecule has 53 heavy (non-hydrogen) atoms. The number of nitrogens with zero attached hydrogens (tertiary/aromatic N) is 7. The molecule has 0 radical (unpaired) electrons. The molecule has 0 bridgehead atoms. The molecule has 1 spiro atoms. The Morgan fingerprint density at radius 1 is 1.11 bits per heavy atom. The van der Waals surface area contributed by atoms with Gasteiger partial charge in [0.1, 0.15) is 34.6 Å². The van der Waals surface area contributed by atoms with E-state index in [1.54, 1.807) is 29.2 Å². The number of aromatic nitrogens is 3. The minimum atomic E-state index is -0.712. The number of anilines is 1. The number of fused-ring (bicyclic) bond motifs is 3. The minimum Gasteiger partial charge on any atom is -0.467 e. The van der Waals surface area contributed by atoms with Crippen molar-refractivity contribution in [2.24, 2.45) is 0 Å². The van der Waals surface area contributed by atoms with Crippen LogP contribution in [0.5, 0.6) is 6.01 Å². The van der Waals surface area contributed by atoms with E-state index >= 15 is 4.39 Å². The van der Waals surface area contributed by atoms with Crippen molar-refractivity contribution >= 4 is 33.4 Å². The SMILES string of the molecule is C#Cc1c(F)ccc2cccc(-c3ncc4c(N5CCN(C(=O)C=C)C6(COC6)C5)nc(OC)nc4c3F)c12.CN1CCC1.FC1CC2CCCN2C1. The topological polar surface area (TPSA) is 87.2 Å². The Balaban J connectivity index is 0.000000256. The summed E-state index contributed by atoms with van der Waals surface area (Å²) < 4.78 is 54.3. The molecule has 5 saturated heterocycles. The molecule has 0 saturated carbocycles. The van der Waals surface area contributed by atoms with Gasteiger partial charge in [-0.15, -0.1) is 6.42 Å². The van der Waals surface area contributed by atoms with Gasteiger partial charge in [0.25, 0.3) is 0 Å². The monoisotopic (exact) mass is 727 g/mol. The third-order valence-electron chi connectivity index (χ3n) is 10.9. The average molecular weight is 728 g/mol. The van der Waals surface area contributed by atoms with Crippen LogP contribution in [0.3, 0.4) is 0 Å². The first-order valence-electron chi connectivity index (χ1n) is 18.1. The summed E-state index contributed by atoms with van der Waals surface area (Å²) in [4.78, 5) is 34.1. The number of hydrogen-bond donors (Lipinski definition) is 0. The van der Waals surface area contributed by atoms with Crippen molar-refractivity contribution in [1.82, 2.24) is 29.7 Å². The molecule has 2 atom stereocenters. The number of piperazine rings is 1. The Hall–Kier alpha value is -4.77. The van der Waals surface area contributed by atoms with Crippen molar-refractivity contribution < 1.29 is 27.4 Å². The van der Waals surface area contributed by atoms with E-state index in [1.807, 2.05) is 4.90 Å². The van der Waals surface area contributed by atoms with Crippen LogP contribution in [-0.4, -0.2) is 126 Å². The second-order valence-corrected chi connectivity index (χ2v) is 14.3. The molecule has 0 aliphatic carbocycles. The van der Waals surface area contributed by atoms with Gasteiger partial charge < -0.3 is 24.2 Å². The number of ether oxygens (including phenoxy) is 2. The summed E-state index contributed by atoms with van der Waals surface area (Å²) in [6, 6.07) is 8.63. The molecule has 4 aromatic rings. The zero-order valence-corrected chi connectivity index (χ0v) is 30.2. The molecule has 0 N–H and O–H groups in total. The molecule has 2 aromatic heterocycles. The molecule has 2 unspecified atom stereocenters. The second kappa shape index (κ2) is 15.3. The Labute approximate surface area is 307 Å². The number of pyridine rings is 1. The molecular weight excluding hydrogens is 683 g/mol. The number of alkyl halides is 1. The summed E-state index contributed by atoms with van der Waals surface area (Å²) in [7, 11) is 3.54. The molecule has 5 aliphatic heterocycles. The molecule has 10 nitrogen and oxygen atoms in total. The number of terminal acetylenes is 1. The van der Waals surface area contributed by atoms with Crippen LogP contribution in [-0.2, 0) is 9.53 Å². The largest absolute Gasteiger partial charge is 0.467 e. The zero-order chi connectivity index (χ0) is 37.3. The lowest BCUT2D eigenvalue weighted by molar-refractivity contribution is -0.164. The number of likely N-dealkylation sites (tertiary alicyclic amines) is 1. The Bertz CT molecular complexity index is 2050. The van der Waals surface area contributed by atoms with Gasteiger partial charge in [0.15, 0.2) is 5.82 Å². The van der Waals surface area contributed by atoms with Crippen molar-refractivity contribution in [3.63, 3.8) is 0 Å². The number of rotatable bonds is 4. The molecule has 278 valence electrons. The van der Waals surface area contributed by atoms with Crippen LogP contribution in [0.15, 0.2) is 49.2 Å². The number of benzene rings is 2. The second-order valence-electron chi connectivity index (χ2n) is 14.3. The summed E-state index contributed by atoms with van der Waals surface area (Å²) in [5.41, 5.74) is -0.183. The predicted octanol–water partition coefficient (Wildman–Crippen LogP) is 5.23. The van der Waals surface area contributed by atoms with Crippen LogP contribution in [0, 0.1) is 24.0 Å². The average Bonchev–Trinajstić information content (AvgIpc) is 3.74. The quantitative estimate of drug-likeness (QED) is 0.207. The number of carbonyl (C=O) groups is 1. The highest BCUT2D eigenvalue weighted by Gasteiger charge is 2.50. The highest BCUT2D eigenvalue weighted by atomic mass is 19.1. The van der Waals surface area contributed by atoms with Crippen LogP contribution in [0.1, 0.15) is 31.2 Å². The van der Waals surface area contributed by atoms with E-state index < -0.39 is 23.3 Å². The zero-order valence-electron chi connectivity index (χ0n) is 30.2. The number of carbonyl (C=O) groups excluding carboxylic acids is 1. The molecule has 5 aliphatic rings. The van der Waals surface area contributed by atoms with Gasteiger partial charge in [-0.05, 0) is 69.9 Å². The van der Waals surface area contributed by atoms with E-state index in [0.717, 1.165) is 13.0 Å². The molecule has 2 aromatic carbocycles. The first-order valence-corrected chi connectivity index (χ1v) is 18.1. The van der Waals surface area contributed by atoms with E-state index in [-0.39, 0.29) is 28.7 Å².